The van der Waals surface area contributed by atoms with Gasteiger partial charge in [0.1, 0.15) is 17.4 Å². The van der Waals surface area contributed by atoms with Crippen molar-refractivity contribution in [1.29, 1.82) is 0 Å². The monoisotopic (exact) mass is 408 g/mol. The summed E-state index contributed by atoms with van der Waals surface area (Å²) in [6.45, 7) is 5.75. The number of likely N-dealkylation sites (tertiary alicyclic amines) is 2. The third-order valence-corrected chi connectivity index (χ3v) is 6.72. The van der Waals surface area contributed by atoms with Gasteiger partial charge in [0.15, 0.2) is 0 Å². The number of rotatable bonds is 5. The molecule has 1 aromatic heterocycles. The number of nitrogens with one attached hydrogen (secondary N) is 1. The molecule has 2 aromatic carbocycles. The Morgan fingerprint density at radius 2 is 1.90 bits per heavy atom. The van der Waals surface area contributed by atoms with Gasteiger partial charge in [-0.25, -0.2) is 9.37 Å². The van der Waals surface area contributed by atoms with E-state index in [1.807, 2.05) is 18.2 Å². The van der Waals surface area contributed by atoms with E-state index in [0.717, 1.165) is 60.9 Å². The Kier molecular flexibility index (Phi) is 5.21. The Morgan fingerprint density at radius 3 is 2.73 bits per heavy atom. The van der Waals surface area contributed by atoms with Gasteiger partial charge in [0.25, 0.3) is 0 Å². The normalized spacial score (nSPS) is 22.9. The maximum atomic E-state index is 14.3. The van der Waals surface area contributed by atoms with E-state index in [1.165, 1.54) is 25.3 Å². The molecule has 0 amide bonds. The lowest BCUT2D eigenvalue weighted by Gasteiger charge is -2.40. The summed E-state index contributed by atoms with van der Waals surface area (Å²) in [5.41, 5.74) is 3.17. The number of nitrogens with zero attached hydrogens (tertiary/aromatic N) is 3. The number of H-pyrrole nitrogens is 1. The summed E-state index contributed by atoms with van der Waals surface area (Å²) in [6.07, 6.45) is 3.62. The van der Waals surface area contributed by atoms with Crippen molar-refractivity contribution < 1.29 is 9.13 Å². The van der Waals surface area contributed by atoms with Crippen molar-refractivity contribution in [2.75, 3.05) is 33.3 Å². The Balaban J connectivity index is 1.24. The first-order valence-electron chi connectivity index (χ1n) is 10.8. The van der Waals surface area contributed by atoms with E-state index in [9.17, 15) is 4.39 Å². The highest BCUT2D eigenvalue weighted by molar-refractivity contribution is 5.74. The summed E-state index contributed by atoms with van der Waals surface area (Å²) in [4.78, 5) is 13.1. The lowest BCUT2D eigenvalue weighted by atomic mass is 9.79. The molecule has 0 unspecified atom stereocenters. The summed E-state index contributed by atoms with van der Waals surface area (Å²) >= 11 is 0. The molecule has 0 bridgehead atoms. The number of benzene rings is 2. The number of hydrogen-bond acceptors (Lipinski definition) is 4. The van der Waals surface area contributed by atoms with Crippen molar-refractivity contribution in [3.63, 3.8) is 0 Å². The number of halogens is 1. The molecule has 2 fully saturated rings. The standard InChI is InChI=1S/C24H29FN4O/c1-30-19-7-8-20(25)18(13-19)14-28-11-4-9-24(16-28)10-12-29(17-24)15-23-26-21-5-2-3-6-22(21)27-23/h2-3,5-8,13H,4,9-12,14-17H2,1H3,(H,26,27)/t24-/m0/s1. The van der Waals surface area contributed by atoms with Crippen LogP contribution in [0, 0.1) is 11.2 Å². The Bertz CT molecular complexity index is 1000. The number of aromatic amines is 1. The number of piperidine rings is 1. The van der Waals surface area contributed by atoms with Crippen LogP contribution < -0.4 is 4.74 Å². The predicted octanol–water partition coefficient (Wildman–Crippen LogP) is 4.20. The van der Waals surface area contributed by atoms with Gasteiger partial charge in [-0.15, -0.1) is 0 Å². The van der Waals surface area contributed by atoms with Crippen molar-refractivity contribution in [3.8, 4) is 5.75 Å². The van der Waals surface area contributed by atoms with Gasteiger partial charge in [-0.3, -0.25) is 9.80 Å². The van der Waals surface area contributed by atoms with Crippen LogP contribution in [0.25, 0.3) is 11.0 Å². The van der Waals surface area contributed by atoms with Crippen molar-refractivity contribution in [3.05, 3.63) is 59.7 Å². The summed E-state index contributed by atoms with van der Waals surface area (Å²) < 4.78 is 19.6. The van der Waals surface area contributed by atoms with Crippen molar-refractivity contribution in [2.45, 2.75) is 32.4 Å². The van der Waals surface area contributed by atoms with Gasteiger partial charge in [0, 0.05) is 25.2 Å². The number of ether oxygens (including phenoxy) is 1. The maximum Gasteiger partial charge on any atom is 0.127 e. The fourth-order valence-corrected chi connectivity index (χ4v) is 5.27. The Morgan fingerprint density at radius 1 is 1.07 bits per heavy atom. The highest BCUT2D eigenvalue weighted by Gasteiger charge is 2.41. The van der Waals surface area contributed by atoms with E-state index >= 15 is 0 Å². The second-order valence-electron chi connectivity index (χ2n) is 8.93. The van der Waals surface area contributed by atoms with E-state index in [2.05, 4.69) is 26.9 Å². The van der Waals surface area contributed by atoms with Crippen molar-refractivity contribution >= 4 is 11.0 Å². The van der Waals surface area contributed by atoms with Crippen LogP contribution in [0.1, 0.15) is 30.7 Å². The molecule has 6 heteroatoms. The fourth-order valence-electron chi connectivity index (χ4n) is 5.27. The van der Waals surface area contributed by atoms with Crippen molar-refractivity contribution in [2.24, 2.45) is 5.41 Å². The third kappa shape index (κ3) is 3.94. The number of hydrogen-bond donors (Lipinski definition) is 1. The van der Waals surface area contributed by atoms with Gasteiger partial charge >= 0.3 is 0 Å². The predicted molar refractivity (Wildman–Crippen MR) is 116 cm³/mol. The van der Waals surface area contributed by atoms with E-state index in [4.69, 9.17) is 9.72 Å². The van der Waals surface area contributed by atoms with Gasteiger partial charge in [-0.1, -0.05) is 12.1 Å². The molecule has 2 saturated heterocycles. The molecule has 158 valence electrons. The largest absolute Gasteiger partial charge is 0.497 e. The van der Waals surface area contributed by atoms with Crippen LogP contribution in [0.2, 0.25) is 0 Å². The van der Waals surface area contributed by atoms with Gasteiger partial charge < -0.3 is 9.72 Å². The second kappa shape index (κ2) is 8.00. The maximum absolute atomic E-state index is 14.3. The Hall–Kier alpha value is -2.44. The first-order chi connectivity index (χ1) is 14.6. The molecule has 0 radical (unpaired) electrons. The molecule has 1 atom stereocenters. The lowest BCUT2D eigenvalue weighted by molar-refractivity contribution is 0.0855. The van der Waals surface area contributed by atoms with Crippen LogP contribution >= 0.6 is 0 Å². The third-order valence-electron chi connectivity index (χ3n) is 6.72. The SMILES string of the molecule is COc1ccc(F)c(CN2CCC[C@]3(CCN(Cc4nc5ccccc5[nH]4)C3)C2)c1. The van der Waals surface area contributed by atoms with E-state index in [-0.39, 0.29) is 5.82 Å². The number of aromatic nitrogens is 2. The highest BCUT2D eigenvalue weighted by Crippen LogP contribution is 2.40. The average Bonchev–Trinajstić information content (AvgIpc) is 3.33. The quantitative estimate of drug-likeness (QED) is 0.687. The lowest BCUT2D eigenvalue weighted by Crippen LogP contribution is -2.44. The van der Waals surface area contributed by atoms with Crippen molar-refractivity contribution in [1.82, 2.24) is 19.8 Å². The average molecular weight is 409 g/mol. The molecular formula is C24H29FN4O. The second-order valence-corrected chi connectivity index (χ2v) is 8.93. The Labute approximate surface area is 176 Å². The molecule has 2 aliphatic rings. The van der Waals surface area contributed by atoms with Gasteiger partial charge in [0.05, 0.1) is 24.7 Å². The summed E-state index contributed by atoms with van der Waals surface area (Å²) in [6, 6.07) is 13.2. The zero-order valence-electron chi connectivity index (χ0n) is 17.5. The first kappa shape index (κ1) is 19.5. The molecular weight excluding hydrogens is 379 g/mol. The number of fused-ring (bicyclic) bond motifs is 1. The van der Waals surface area contributed by atoms with Gasteiger partial charge in [0.2, 0.25) is 0 Å². The van der Waals surface area contributed by atoms with Gasteiger partial charge in [-0.2, -0.15) is 0 Å². The molecule has 5 nitrogen and oxygen atoms in total. The van der Waals surface area contributed by atoms with Gasteiger partial charge in [-0.05, 0) is 68.1 Å². The molecule has 5 rings (SSSR count). The molecule has 3 aromatic rings. The molecule has 0 aliphatic carbocycles. The number of methoxy groups -OCH3 is 1. The minimum absolute atomic E-state index is 0.145. The van der Waals surface area contributed by atoms with Crippen LogP contribution in [0.3, 0.4) is 0 Å². The molecule has 0 saturated carbocycles. The topological polar surface area (TPSA) is 44.4 Å². The minimum atomic E-state index is -0.145. The molecule has 2 aliphatic heterocycles. The fraction of sp³-hybridized carbons (Fsp3) is 0.458. The number of imidazole rings is 1. The molecule has 30 heavy (non-hydrogen) atoms. The zero-order valence-corrected chi connectivity index (χ0v) is 17.5. The first-order valence-corrected chi connectivity index (χ1v) is 10.8. The highest BCUT2D eigenvalue weighted by atomic mass is 19.1. The molecule has 1 spiro atoms. The van der Waals surface area contributed by atoms with E-state index in [1.54, 1.807) is 13.2 Å². The minimum Gasteiger partial charge on any atom is -0.497 e. The number of para-hydroxylation sites is 2. The van der Waals surface area contributed by atoms with Crippen LogP contribution in [0.5, 0.6) is 5.75 Å². The summed E-state index contributed by atoms with van der Waals surface area (Å²) in [5, 5.41) is 0. The molecule has 3 heterocycles. The van der Waals surface area contributed by atoms with E-state index < -0.39 is 0 Å². The van der Waals surface area contributed by atoms with Crippen LogP contribution in [-0.2, 0) is 13.1 Å². The molecule has 1 N–H and O–H groups in total. The smallest absolute Gasteiger partial charge is 0.127 e. The summed E-state index contributed by atoms with van der Waals surface area (Å²) in [7, 11) is 1.63. The van der Waals surface area contributed by atoms with Crippen LogP contribution in [0.15, 0.2) is 42.5 Å². The summed E-state index contributed by atoms with van der Waals surface area (Å²) in [5.74, 6) is 1.61. The van der Waals surface area contributed by atoms with E-state index in [0.29, 0.717) is 12.0 Å². The van der Waals surface area contributed by atoms with Crippen LogP contribution in [-0.4, -0.2) is 53.1 Å². The zero-order chi connectivity index (χ0) is 20.6. The van der Waals surface area contributed by atoms with Crippen LogP contribution in [0.4, 0.5) is 4.39 Å².